The average Bonchev–Trinajstić information content (AvgIpc) is 2.52. The van der Waals surface area contributed by atoms with E-state index < -0.39 is 23.4 Å². The maximum atomic E-state index is 13.2. The van der Waals surface area contributed by atoms with Gasteiger partial charge in [0.25, 0.3) is 5.91 Å². The van der Waals surface area contributed by atoms with Crippen LogP contribution in [0.5, 0.6) is 0 Å². The van der Waals surface area contributed by atoms with Crippen molar-refractivity contribution in [3.05, 3.63) is 58.4 Å². The SMILES string of the molecule is O=C(Nc1cc(F)c(F)c(F)c1)c1ccc(Cl)c(SC2CC(O)C2)c1. The summed E-state index contributed by atoms with van der Waals surface area (Å²) < 4.78 is 39.4. The first-order valence-electron chi connectivity index (χ1n) is 7.43. The second-order valence-electron chi connectivity index (χ2n) is 5.72. The fourth-order valence-electron chi connectivity index (χ4n) is 2.38. The van der Waals surface area contributed by atoms with Gasteiger partial charge >= 0.3 is 0 Å². The third kappa shape index (κ3) is 4.11. The number of anilines is 1. The van der Waals surface area contributed by atoms with Crippen molar-refractivity contribution >= 4 is 35.0 Å². The minimum absolute atomic E-state index is 0.187. The fourth-order valence-corrected chi connectivity index (χ4v) is 4.00. The summed E-state index contributed by atoms with van der Waals surface area (Å²) in [6.07, 6.45) is 1.02. The number of carbonyl (C=O) groups is 1. The number of benzene rings is 2. The molecule has 132 valence electrons. The third-order valence-corrected chi connectivity index (χ3v) is 5.55. The molecule has 0 aliphatic heterocycles. The first kappa shape index (κ1) is 18.1. The zero-order valence-corrected chi connectivity index (χ0v) is 14.3. The molecule has 0 aromatic heterocycles. The molecule has 2 aromatic rings. The second kappa shape index (κ2) is 7.27. The average molecular weight is 388 g/mol. The number of hydrogen-bond donors (Lipinski definition) is 2. The van der Waals surface area contributed by atoms with Crippen molar-refractivity contribution in [1.82, 2.24) is 0 Å². The topological polar surface area (TPSA) is 49.3 Å². The first-order valence-corrected chi connectivity index (χ1v) is 8.69. The van der Waals surface area contributed by atoms with Gasteiger partial charge in [0.1, 0.15) is 0 Å². The molecule has 3 nitrogen and oxygen atoms in total. The number of hydrogen-bond acceptors (Lipinski definition) is 3. The lowest BCUT2D eigenvalue weighted by atomic mass is 9.96. The molecule has 3 rings (SSSR count). The Morgan fingerprint density at radius 2 is 1.80 bits per heavy atom. The molecule has 0 bridgehead atoms. The lowest BCUT2D eigenvalue weighted by Crippen LogP contribution is -2.30. The zero-order chi connectivity index (χ0) is 18.1. The van der Waals surface area contributed by atoms with Crippen molar-refractivity contribution in [2.75, 3.05) is 5.32 Å². The Balaban J connectivity index is 1.76. The quantitative estimate of drug-likeness (QED) is 0.752. The van der Waals surface area contributed by atoms with Crippen molar-refractivity contribution in [2.24, 2.45) is 0 Å². The lowest BCUT2D eigenvalue weighted by Gasteiger charge is -2.30. The molecule has 0 saturated heterocycles. The minimum Gasteiger partial charge on any atom is -0.393 e. The second-order valence-corrected chi connectivity index (χ2v) is 7.47. The number of amides is 1. The largest absolute Gasteiger partial charge is 0.393 e. The molecule has 25 heavy (non-hydrogen) atoms. The van der Waals surface area contributed by atoms with Gasteiger partial charge in [-0.15, -0.1) is 11.8 Å². The van der Waals surface area contributed by atoms with Crippen LogP contribution in [0.1, 0.15) is 23.2 Å². The van der Waals surface area contributed by atoms with Gasteiger partial charge in [0.15, 0.2) is 17.5 Å². The van der Waals surface area contributed by atoms with Crippen molar-refractivity contribution in [2.45, 2.75) is 29.1 Å². The third-order valence-electron chi connectivity index (χ3n) is 3.80. The van der Waals surface area contributed by atoms with E-state index in [4.69, 9.17) is 11.6 Å². The number of thioether (sulfide) groups is 1. The van der Waals surface area contributed by atoms with Crippen LogP contribution in [0.25, 0.3) is 0 Å². The predicted molar refractivity (Wildman–Crippen MR) is 90.6 cm³/mol. The Morgan fingerprint density at radius 3 is 2.40 bits per heavy atom. The Hall–Kier alpha value is -1.70. The number of rotatable bonds is 4. The Bertz CT molecular complexity index is 805. The van der Waals surface area contributed by atoms with Gasteiger partial charge in [0.05, 0.1) is 11.1 Å². The van der Waals surface area contributed by atoms with Crippen LogP contribution in [0.3, 0.4) is 0 Å². The monoisotopic (exact) mass is 387 g/mol. The van der Waals surface area contributed by atoms with E-state index in [0.29, 0.717) is 34.9 Å². The molecule has 0 unspecified atom stereocenters. The molecule has 1 saturated carbocycles. The van der Waals surface area contributed by atoms with Crippen LogP contribution in [-0.4, -0.2) is 22.4 Å². The molecule has 8 heteroatoms. The summed E-state index contributed by atoms with van der Waals surface area (Å²) in [7, 11) is 0. The molecule has 2 N–H and O–H groups in total. The molecule has 1 aliphatic rings. The molecule has 1 fully saturated rings. The molecule has 0 radical (unpaired) electrons. The predicted octanol–water partition coefficient (Wildman–Crippen LogP) is 4.63. The van der Waals surface area contributed by atoms with Gasteiger partial charge in [0, 0.05) is 33.5 Å². The summed E-state index contributed by atoms with van der Waals surface area (Å²) in [5.74, 6) is -4.96. The van der Waals surface area contributed by atoms with Gasteiger partial charge in [-0.25, -0.2) is 13.2 Å². The number of carbonyl (C=O) groups excluding carboxylic acids is 1. The standard InChI is InChI=1S/C17H13ClF3NO2S/c18-12-2-1-8(3-15(12)25-11-6-10(23)7-11)17(24)22-9-4-13(19)16(21)14(20)5-9/h1-5,10-11,23H,6-7H2,(H,22,24). The maximum Gasteiger partial charge on any atom is 0.255 e. The molecular weight excluding hydrogens is 375 g/mol. The van der Waals surface area contributed by atoms with E-state index in [9.17, 15) is 23.1 Å². The summed E-state index contributed by atoms with van der Waals surface area (Å²) in [6, 6.07) is 6.02. The normalized spacial score (nSPS) is 19.4. The van der Waals surface area contributed by atoms with Gasteiger partial charge in [-0.3, -0.25) is 4.79 Å². The van der Waals surface area contributed by atoms with Crippen molar-refractivity contribution in [3.8, 4) is 0 Å². The van der Waals surface area contributed by atoms with Crippen molar-refractivity contribution < 1.29 is 23.1 Å². The number of aliphatic hydroxyl groups is 1. The van der Waals surface area contributed by atoms with Crippen LogP contribution in [0.2, 0.25) is 5.02 Å². The van der Waals surface area contributed by atoms with Crippen LogP contribution >= 0.6 is 23.4 Å². The molecule has 0 spiro atoms. The van der Waals surface area contributed by atoms with E-state index in [1.54, 1.807) is 12.1 Å². The molecule has 2 aromatic carbocycles. The molecule has 1 amide bonds. The molecule has 0 atom stereocenters. The first-order chi connectivity index (χ1) is 11.8. The smallest absolute Gasteiger partial charge is 0.255 e. The Morgan fingerprint density at radius 1 is 1.16 bits per heavy atom. The zero-order valence-electron chi connectivity index (χ0n) is 12.7. The molecule has 0 heterocycles. The Kier molecular flexibility index (Phi) is 5.27. The van der Waals surface area contributed by atoms with Gasteiger partial charge < -0.3 is 10.4 Å². The minimum atomic E-state index is -1.59. The van der Waals surface area contributed by atoms with E-state index in [2.05, 4.69) is 5.32 Å². The van der Waals surface area contributed by atoms with Crippen LogP contribution in [0.15, 0.2) is 35.2 Å². The van der Waals surface area contributed by atoms with E-state index in [-0.39, 0.29) is 22.6 Å². The fraction of sp³-hybridized carbons (Fsp3) is 0.235. The number of nitrogens with one attached hydrogen (secondary N) is 1. The highest BCUT2D eigenvalue weighted by molar-refractivity contribution is 8.00. The van der Waals surface area contributed by atoms with Crippen LogP contribution in [0, 0.1) is 17.5 Å². The van der Waals surface area contributed by atoms with Crippen molar-refractivity contribution in [1.29, 1.82) is 0 Å². The van der Waals surface area contributed by atoms with Gasteiger partial charge in [-0.05, 0) is 31.0 Å². The summed E-state index contributed by atoms with van der Waals surface area (Å²) in [4.78, 5) is 12.9. The Labute approximate surface area is 151 Å². The summed E-state index contributed by atoms with van der Waals surface area (Å²) in [5.41, 5.74) is 0.0598. The van der Waals surface area contributed by atoms with Crippen LogP contribution < -0.4 is 5.32 Å². The van der Waals surface area contributed by atoms with Crippen LogP contribution in [-0.2, 0) is 0 Å². The lowest BCUT2D eigenvalue weighted by molar-refractivity contribution is 0.100. The highest BCUT2D eigenvalue weighted by Gasteiger charge is 2.28. The summed E-state index contributed by atoms with van der Waals surface area (Å²) >= 11 is 7.59. The highest BCUT2D eigenvalue weighted by atomic mass is 35.5. The summed E-state index contributed by atoms with van der Waals surface area (Å²) in [6.45, 7) is 0. The number of halogens is 4. The highest BCUT2D eigenvalue weighted by Crippen LogP contribution is 2.40. The van der Waals surface area contributed by atoms with Gasteiger partial charge in [-0.1, -0.05) is 11.6 Å². The van der Waals surface area contributed by atoms with Gasteiger partial charge in [-0.2, -0.15) is 0 Å². The van der Waals surface area contributed by atoms with E-state index in [1.165, 1.54) is 17.8 Å². The van der Waals surface area contributed by atoms with Crippen molar-refractivity contribution in [3.63, 3.8) is 0 Å². The maximum absolute atomic E-state index is 13.2. The van der Waals surface area contributed by atoms with E-state index in [1.807, 2.05) is 0 Å². The molecular formula is C17H13ClF3NO2S. The molecule has 1 aliphatic carbocycles. The van der Waals surface area contributed by atoms with Gasteiger partial charge in [0.2, 0.25) is 0 Å². The van der Waals surface area contributed by atoms with Crippen LogP contribution in [0.4, 0.5) is 18.9 Å². The van der Waals surface area contributed by atoms with E-state index in [0.717, 1.165) is 0 Å². The van der Waals surface area contributed by atoms with E-state index >= 15 is 0 Å². The summed E-state index contributed by atoms with van der Waals surface area (Å²) in [5, 5.41) is 12.4. The number of aliphatic hydroxyl groups excluding tert-OH is 1.